The first-order chi connectivity index (χ1) is 8.56. The maximum Gasteiger partial charge on any atom is 0.303 e. The highest BCUT2D eigenvalue weighted by Gasteiger charge is 2.06. The minimum Gasteiger partial charge on any atom is -0.481 e. The van der Waals surface area contributed by atoms with Gasteiger partial charge in [-0.3, -0.25) is 4.79 Å². The van der Waals surface area contributed by atoms with Crippen molar-refractivity contribution in [3.63, 3.8) is 0 Å². The number of carboxylic acid groups (broad SMARTS) is 1. The molecule has 0 aliphatic carbocycles. The van der Waals surface area contributed by atoms with Crippen molar-refractivity contribution in [3.8, 4) is 0 Å². The predicted octanol–water partition coefficient (Wildman–Crippen LogP) is -1.44. The molecule has 5 N–H and O–H groups in total. The molecule has 0 aliphatic heterocycles. The number of ether oxygens (including phenoxy) is 1. The van der Waals surface area contributed by atoms with Gasteiger partial charge >= 0.3 is 5.97 Å². The third-order valence-electron chi connectivity index (χ3n) is 2.21. The molecule has 0 heterocycles. The lowest BCUT2D eigenvalue weighted by Gasteiger charge is -2.13. The summed E-state index contributed by atoms with van der Waals surface area (Å²) in [6.45, 7) is 0.704. The number of unbranched alkanes of at least 4 members (excludes halogenated alkanes) is 1. The SMILES string of the molecule is O=C(O)CCCCNCC(O)COCC(O)CO. The summed E-state index contributed by atoms with van der Waals surface area (Å²) < 4.78 is 4.98. The zero-order valence-electron chi connectivity index (χ0n) is 10.4. The van der Waals surface area contributed by atoms with E-state index >= 15 is 0 Å². The smallest absolute Gasteiger partial charge is 0.303 e. The van der Waals surface area contributed by atoms with Crippen LogP contribution in [0.2, 0.25) is 0 Å². The monoisotopic (exact) mass is 265 g/mol. The van der Waals surface area contributed by atoms with Gasteiger partial charge < -0.3 is 30.5 Å². The molecule has 0 saturated heterocycles. The predicted molar refractivity (Wildman–Crippen MR) is 64.3 cm³/mol. The van der Waals surface area contributed by atoms with Crippen molar-refractivity contribution in [2.45, 2.75) is 31.5 Å². The van der Waals surface area contributed by atoms with Crippen molar-refractivity contribution >= 4 is 5.97 Å². The molecule has 0 aromatic carbocycles. The normalized spacial score (nSPS) is 14.4. The third kappa shape index (κ3) is 11.7. The number of aliphatic hydroxyl groups excluding tert-OH is 3. The van der Waals surface area contributed by atoms with Crippen LogP contribution < -0.4 is 5.32 Å². The van der Waals surface area contributed by atoms with Crippen LogP contribution in [0.15, 0.2) is 0 Å². The summed E-state index contributed by atoms with van der Waals surface area (Å²) in [5, 5.41) is 38.3. The molecule has 0 aliphatic rings. The van der Waals surface area contributed by atoms with E-state index < -0.39 is 18.2 Å². The van der Waals surface area contributed by atoms with E-state index in [-0.39, 0.29) is 26.2 Å². The first-order valence-corrected chi connectivity index (χ1v) is 6.03. The van der Waals surface area contributed by atoms with Gasteiger partial charge in [0.1, 0.15) is 6.10 Å². The number of aliphatic hydroxyl groups is 3. The number of hydrogen-bond acceptors (Lipinski definition) is 6. The van der Waals surface area contributed by atoms with Crippen molar-refractivity contribution in [3.05, 3.63) is 0 Å². The summed E-state index contributed by atoms with van der Waals surface area (Å²) >= 11 is 0. The lowest BCUT2D eigenvalue weighted by atomic mass is 10.2. The van der Waals surface area contributed by atoms with Crippen LogP contribution in [0.5, 0.6) is 0 Å². The molecule has 0 bridgehead atoms. The molecular weight excluding hydrogens is 242 g/mol. The van der Waals surface area contributed by atoms with E-state index in [1.807, 2.05) is 0 Å². The third-order valence-corrected chi connectivity index (χ3v) is 2.21. The lowest BCUT2D eigenvalue weighted by Crippen LogP contribution is -2.32. The topological polar surface area (TPSA) is 119 Å². The highest BCUT2D eigenvalue weighted by Crippen LogP contribution is 1.94. The second-order valence-corrected chi connectivity index (χ2v) is 4.08. The Bertz CT molecular complexity index is 214. The second-order valence-electron chi connectivity index (χ2n) is 4.08. The van der Waals surface area contributed by atoms with Gasteiger partial charge in [0.2, 0.25) is 0 Å². The first-order valence-electron chi connectivity index (χ1n) is 6.03. The maximum absolute atomic E-state index is 10.2. The Labute approximate surface area is 106 Å². The Morgan fingerprint density at radius 1 is 1.17 bits per heavy atom. The average Bonchev–Trinajstić information content (AvgIpc) is 2.33. The summed E-state index contributed by atoms with van der Waals surface area (Å²) in [7, 11) is 0. The second kappa shape index (κ2) is 11.4. The lowest BCUT2D eigenvalue weighted by molar-refractivity contribution is -0.137. The van der Waals surface area contributed by atoms with E-state index in [1.165, 1.54) is 0 Å². The molecule has 108 valence electrons. The molecule has 0 saturated carbocycles. The van der Waals surface area contributed by atoms with Crippen LogP contribution in [-0.4, -0.2) is 71.5 Å². The quantitative estimate of drug-likeness (QED) is 0.274. The zero-order chi connectivity index (χ0) is 13.8. The zero-order valence-corrected chi connectivity index (χ0v) is 10.4. The van der Waals surface area contributed by atoms with E-state index in [1.54, 1.807) is 0 Å². The Morgan fingerprint density at radius 2 is 1.83 bits per heavy atom. The molecule has 0 amide bonds. The Kier molecular flexibility index (Phi) is 10.9. The van der Waals surface area contributed by atoms with Crippen LogP contribution in [0.3, 0.4) is 0 Å². The van der Waals surface area contributed by atoms with Gasteiger partial charge in [0.25, 0.3) is 0 Å². The first kappa shape index (κ1) is 17.3. The molecule has 0 aromatic heterocycles. The number of hydrogen-bond donors (Lipinski definition) is 5. The van der Waals surface area contributed by atoms with E-state index in [0.717, 1.165) is 6.42 Å². The van der Waals surface area contributed by atoms with Gasteiger partial charge in [-0.1, -0.05) is 0 Å². The summed E-state index contributed by atoms with van der Waals surface area (Å²) in [4.78, 5) is 10.2. The summed E-state index contributed by atoms with van der Waals surface area (Å²) in [6.07, 6.45) is -0.0934. The van der Waals surface area contributed by atoms with Gasteiger partial charge in [-0.2, -0.15) is 0 Å². The van der Waals surface area contributed by atoms with Crippen LogP contribution >= 0.6 is 0 Å². The molecule has 0 rings (SSSR count). The standard InChI is InChI=1S/C11H23NO6/c13-6-10(15)8-18-7-9(14)5-12-4-2-1-3-11(16)17/h9-10,12-15H,1-8H2,(H,16,17). The van der Waals surface area contributed by atoms with E-state index in [4.69, 9.17) is 20.1 Å². The molecule has 0 radical (unpaired) electrons. The summed E-state index contributed by atoms with van der Waals surface area (Å²) in [5.74, 6) is -0.800. The van der Waals surface area contributed by atoms with Gasteiger partial charge in [0.05, 0.1) is 25.9 Å². The molecular formula is C11H23NO6. The minimum absolute atomic E-state index is 0.00777. The van der Waals surface area contributed by atoms with Crippen molar-refractivity contribution in [2.24, 2.45) is 0 Å². The van der Waals surface area contributed by atoms with Crippen LogP contribution in [0.25, 0.3) is 0 Å². The number of nitrogens with one attached hydrogen (secondary N) is 1. The van der Waals surface area contributed by atoms with Gasteiger partial charge in [-0.05, 0) is 19.4 Å². The van der Waals surface area contributed by atoms with Crippen LogP contribution in [-0.2, 0) is 9.53 Å². The molecule has 7 heteroatoms. The molecule has 0 fully saturated rings. The van der Waals surface area contributed by atoms with Gasteiger partial charge in [0.15, 0.2) is 0 Å². The van der Waals surface area contributed by atoms with Crippen LogP contribution in [0.4, 0.5) is 0 Å². The van der Waals surface area contributed by atoms with E-state index in [2.05, 4.69) is 5.32 Å². The fourth-order valence-corrected chi connectivity index (χ4v) is 1.25. The molecule has 2 atom stereocenters. The molecule has 0 spiro atoms. The Hall–Kier alpha value is -0.730. The Morgan fingerprint density at radius 3 is 2.44 bits per heavy atom. The molecule has 18 heavy (non-hydrogen) atoms. The highest BCUT2D eigenvalue weighted by atomic mass is 16.5. The summed E-state index contributed by atoms with van der Waals surface area (Å²) in [5.41, 5.74) is 0. The van der Waals surface area contributed by atoms with Crippen molar-refractivity contribution in [2.75, 3.05) is 32.9 Å². The van der Waals surface area contributed by atoms with Crippen molar-refractivity contribution in [1.29, 1.82) is 0 Å². The number of aliphatic carboxylic acids is 1. The molecule has 0 aromatic rings. The molecule has 2 unspecified atom stereocenters. The van der Waals surface area contributed by atoms with Gasteiger partial charge in [0, 0.05) is 13.0 Å². The molecule has 7 nitrogen and oxygen atoms in total. The fraction of sp³-hybridized carbons (Fsp3) is 0.909. The fourth-order valence-electron chi connectivity index (χ4n) is 1.25. The minimum atomic E-state index is -0.916. The number of carboxylic acids is 1. The maximum atomic E-state index is 10.2. The number of rotatable bonds is 12. The summed E-state index contributed by atoms with van der Waals surface area (Å²) in [6, 6.07) is 0. The van der Waals surface area contributed by atoms with E-state index in [9.17, 15) is 9.90 Å². The van der Waals surface area contributed by atoms with E-state index in [0.29, 0.717) is 19.5 Å². The van der Waals surface area contributed by atoms with Crippen LogP contribution in [0.1, 0.15) is 19.3 Å². The highest BCUT2D eigenvalue weighted by molar-refractivity contribution is 5.66. The van der Waals surface area contributed by atoms with Crippen LogP contribution in [0, 0.1) is 0 Å². The Balaban J connectivity index is 3.26. The van der Waals surface area contributed by atoms with Crippen molar-refractivity contribution < 1.29 is 30.0 Å². The van der Waals surface area contributed by atoms with Gasteiger partial charge in [-0.15, -0.1) is 0 Å². The number of carbonyl (C=O) groups is 1. The largest absolute Gasteiger partial charge is 0.481 e. The van der Waals surface area contributed by atoms with Crippen molar-refractivity contribution in [1.82, 2.24) is 5.32 Å². The average molecular weight is 265 g/mol. The van der Waals surface area contributed by atoms with Gasteiger partial charge in [-0.25, -0.2) is 0 Å².